The van der Waals surface area contributed by atoms with Crippen LogP contribution in [-0.2, 0) is 9.53 Å². The van der Waals surface area contributed by atoms with Gasteiger partial charge in [-0.05, 0) is 35.9 Å². The molecule has 0 unspecified atom stereocenters. The Hall–Kier alpha value is -3.79. The smallest absolute Gasteiger partial charge is 0.262 e. The van der Waals surface area contributed by atoms with E-state index >= 15 is 0 Å². The summed E-state index contributed by atoms with van der Waals surface area (Å²) in [5.74, 6) is -0.890. The maximum absolute atomic E-state index is 14.6. The van der Waals surface area contributed by atoms with Crippen molar-refractivity contribution in [3.63, 3.8) is 0 Å². The fraction of sp³-hybridized carbons (Fsp3) is 0.323. The number of benzene rings is 3. The van der Waals surface area contributed by atoms with Crippen molar-refractivity contribution in [2.24, 2.45) is 5.10 Å². The predicted octanol–water partition coefficient (Wildman–Crippen LogP) is 4.64. The number of amides is 2. The van der Waals surface area contributed by atoms with Crippen molar-refractivity contribution in [1.29, 1.82) is 0 Å². The lowest BCUT2D eigenvalue weighted by atomic mass is 9.98. The molecule has 2 heterocycles. The third-order valence-electron chi connectivity index (χ3n) is 7.34. The molecule has 214 valence electrons. The van der Waals surface area contributed by atoms with Gasteiger partial charge in [-0.1, -0.05) is 54.1 Å². The Balaban J connectivity index is 1.44. The molecule has 0 aromatic heterocycles. The molecule has 2 aliphatic heterocycles. The van der Waals surface area contributed by atoms with Crippen molar-refractivity contribution in [3.05, 3.63) is 100 Å². The van der Waals surface area contributed by atoms with Gasteiger partial charge < -0.3 is 14.4 Å². The Labute approximate surface area is 243 Å². The summed E-state index contributed by atoms with van der Waals surface area (Å²) in [7, 11) is 1.59. The Kier molecular flexibility index (Phi) is 9.28. The second kappa shape index (κ2) is 13.2. The molecule has 3 aromatic carbocycles. The number of carbonyl (C=O) groups excluding carboxylic acids is 2. The molecule has 5 rings (SSSR count). The van der Waals surface area contributed by atoms with Crippen LogP contribution >= 0.6 is 11.6 Å². The summed E-state index contributed by atoms with van der Waals surface area (Å²) in [4.78, 5) is 31.1. The summed E-state index contributed by atoms with van der Waals surface area (Å²) in [5, 5.41) is 6.66. The fourth-order valence-electron chi connectivity index (χ4n) is 5.08. The lowest BCUT2D eigenvalue weighted by molar-refractivity contribution is -0.133. The van der Waals surface area contributed by atoms with Gasteiger partial charge in [0.15, 0.2) is 0 Å². The minimum absolute atomic E-state index is 0.0769. The second-order valence-corrected chi connectivity index (χ2v) is 10.3. The van der Waals surface area contributed by atoms with Gasteiger partial charge >= 0.3 is 0 Å². The maximum atomic E-state index is 14.6. The zero-order valence-corrected chi connectivity index (χ0v) is 23.6. The highest BCUT2D eigenvalue weighted by Gasteiger charge is 2.36. The third-order valence-corrected chi connectivity index (χ3v) is 7.68. The van der Waals surface area contributed by atoms with Crippen LogP contribution in [0.5, 0.6) is 5.75 Å². The molecule has 1 fully saturated rings. The predicted molar refractivity (Wildman–Crippen MR) is 155 cm³/mol. The number of morpholine rings is 1. The molecule has 8 nitrogen and oxygen atoms in total. The summed E-state index contributed by atoms with van der Waals surface area (Å²) in [5.41, 5.74) is 2.20. The molecule has 1 saturated heterocycles. The largest absolute Gasteiger partial charge is 0.497 e. The van der Waals surface area contributed by atoms with Crippen LogP contribution < -0.4 is 4.74 Å². The molecular weight excluding hydrogens is 547 g/mol. The van der Waals surface area contributed by atoms with E-state index in [1.165, 1.54) is 28.1 Å². The first kappa shape index (κ1) is 28.7. The van der Waals surface area contributed by atoms with Crippen LogP contribution in [0.25, 0.3) is 0 Å². The van der Waals surface area contributed by atoms with Gasteiger partial charge in [0.25, 0.3) is 11.8 Å². The molecule has 0 N–H and O–H groups in total. The Morgan fingerprint density at radius 2 is 1.83 bits per heavy atom. The van der Waals surface area contributed by atoms with Gasteiger partial charge in [0.2, 0.25) is 0 Å². The molecule has 41 heavy (non-hydrogen) atoms. The number of rotatable bonds is 9. The van der Waals surface area contributed by atoms with Crippen molar-refractivity contribution < 1.29 is 23.5 Å². The van der Waals surface area contributed by atoms with E-state index in [9.17, 15) is 14.0 Å². The summed E-state index contributed by atoms with van der Waals surface area (Å²) in [6, 6.07) is 20.2. The van der Waals surface area contributed by atoms with Crippen LogP contribution in [0.2, 0.25) is 5.02 Å². The van der Waals surface area contributed by atoms with E-state index in [0.717, 1.165) is 24.2 Å². The van der Waals surface area contributed by atoms with Crippen LogP contribution in [0.1, 0.15) is 33.9 Å². The van der Waals surface area contributed by atoms with E-state index in [-0.39, 0.29) is 24.6 Å². The third kappa shape index (κ3) is 6.75. The normalized spacial score (nSPS) is 17.3. The highest BCUT2D eigenvalue weighted by Crippen LogP contribution is 2.36. The lowest BCUT2D eigenvalue weighted by Crippen LogP contribution is -2.46. The van der Waals surface area contributed by atoms with Crippen LogP contribution in [0.15, 0.2) is 77.9 Å². The number of hydrogen-bond donors (Lipinski definition) is 0. The SMILES string of the molecule is COc1cccc(C2=NN(C(=O)CN(CCN3CCOCC3)C(=O)c3ccccc3F)[C@@H](c3ccccc3Cl)C2)c1. The first-order valence-corrected chi connectivity index (χ1v) is 13.9. The number of carbonyl (C=O) groups is 2. The van der Waals surface area contributed by atoms with Crippen LogP contribution in [0, 0.1) is 5.82 Å². The van der Waals surface area contributed by atoms with Crippen molar-refractivity contribution in [2.75, 3.05) is 53.0 Å². The number of methoxy groups -OCH3 is 1. The van der Waals surface area contributed by atoms with Crippen LogP contribution in [-0.4, -0.2) is 85.4 Å². The van der Waals surface area contributed by atoms with Crippen molar-refractivity contribution in [2.45, 2.75) is 12.5 Å². The summed E-state index contributed by atoms with van der Waals surface area (Å²) in [6.07, 6.45) is 0.428. The van der Waals surface area contributed by atoms with E-state index < -0.39 is 17.8 Å². The highest BCUT2D eigenvalue weighted by molar-refractivity contribution is 6.31. The van der Waals surface area contributed by atoms with Gasteiger partial charge in [-0.2, -0.15) is 5.10 Å². The van der Waals surface area contributed by atoms with E-state index in [2.05, 4.69) is 4.90 Å². The monoisotopic (exact) mass is 578 g/mol. The Morgan fingerprint density at radius 3 is 2.59 bits per heavy atom. The molecular formula is C31H32ClFN4O4. The topological polar surface area (TPSA) is 74.7 Å². The van der Waals surface area contributed by atoms with Gasteiger partial charge in [-0.3, -0.25) is 14.5 Å². The van der Waals surface area contributed by atoms with Gasteiger partial charge in [0, 0.05) is 43.2 Å². The van der Waals surface area contributed by atoms with Gasteiger partial charge in [-0.25, -0.2) is 9.40 Å². The minimum Gasteiger partial charge on any atom is -0.497 e. The molecule has 3 aromatic rings. The number of hydrazone groups is 1. The first-order chi connectivity index (χ1) is 19.9. The molecule has 0 saturated carbocycles. The summed E-state index contributed by atoms with van der Waals surface area (Å²) < 4.78 is 25.5. The highest BCUT2D eigenvalue weighted by atomic mass is 35.5. The molecule has 2 amide bonds. The first-order valence-electron chi connectivity index (χ1n) is 13.6. The zero-order chi connectivity index (χ0) is 28.8. The summed E-state index contributed by atoms with van der Waals surface area (Å²) in [6.45, 7) is 3.17. The van der Waals surface area contributed by atoms with Gasteiger partial charge in [0.05, 0.1) is 37.6 Å². The standard InChI is InChI=1S/C31H32ClFN4O4/c1-40-23-8-6-7-22(19-23)28-20-29(24-9-2-4-11-26(24)32)37(34-28)30(38)21-36(14-13-35-15-17-41-18-16-35)31(39)25-10-3-5-12-27(25)33/h2-12,19,29H,13-18,20-21H2,1H3/t29-/m1/s1. The maximum Gasteiger partial charge on any atom is 0.262 e. The molecule has 0 radical (unpaired) electrons. The Morgan fingerprint density at radius 1 is 1.07 bits per heavy atom. The summed E-state index contributed by atoms with van der Waals surface area (Å²) >= 11 is 6.57. The average molecular weight is 579 g/mol. The van der Waals surface area contributed by atoms with E-state index in [0.29, 0.717) is 42.7 Å². The lowest BCUT2D eigenvalue weighted by Gasteiger charge is -2.31. The van der Waals surface area contributed by atoms with E-state index in [1.807, 2.05) is 42.5 Å². The van der Waals surface area contributed by atoms with Crippen LogP contribution in [0.4, 0.5) is 4.39 Å². The number of halogens is 2. The molecule has 10 heteroatoms. The van der Waals surface area contributed by atoms with E-state index in [1.54, 1.807) is 19.2 Å². The van der Waals surface area contributed by atoms with Gasteiger partial charge in [0.1, 0.15) is 18.1 Å². The second-order valence-electron chi connectivity index (χ2n) is 9.92. The molecule has 0 aliphatic carbocycles. The number of nitrogens with zero attached hydrogens (tertiary/aromatic N) is 4. The van der Waals surface area contributed by atoms with Crippen molar-refractivity contribution in [3.8, 4) is 5.75 Å². The Bertz CT molecular complexity index is 1430. The fourth-order valence-corrected chi connectivity index (χ4v) is 5.35. The molecule has 1 atom stereocenters. The van der Waals surface area contributed by atoms with E-state index in [4.69, 9.17) is 26.2 Å². The van der Waals surface area contributed by atoms with Crippen molar-refractivity contribution in [1.82, 2.24) is 14.8 Å². The average Bonchev–Trinajstić information content (AvgIpc) is 3.45. The molecule has 0 spiro atoms. The van der Waals surface area contributed by atoms with Gasteiger partial charge in [-0.15, -0.1) is 0 Å². The van der Waals surface area contributed by atoms with Crippen molar-refractivity contribution >= 4 is 29.1 Å². The molecule has 0 bridgehead atoms. The quantitative estimate of drug-likeness (QED) is 0.370. The zero-order valence-electron chi connectivity index (χ0n) is 22.8. The molecule has 2 aliphatic rings. The number of hydrogen-bond acceptors (Lipinski definition) is 6. The number of ether oxygens (including phenoxy) is 2. The minimum atomic E-state index is -0.630. The van der Waals surface area contributed by atoms with Crippen LogP contribution in [0.3, 0.4) is 0 Å².